The molecule has 1 aliphatic rings. The van der Waals surface area contributed by atoms with Crippen LogP contribution < -0.4 is 0 Å². The van der Waals surface area contributed by atoms with E-state index in [4.69, 9.17) is 0 Å². The van der Waals surface area contributed by atoms with Gasteiger partial charge in [-0.25, -0.2) is 0 Å². The summed E-state index contributed by atoms with van der Waals surface area (Å²) in [6.45, 7) is 8.52. The first kappa shape index (κ1) is 17.3. The fraction of sp³-hybridized carbons (Fsp3) is 0.381. The molecule has 0 unspecified atom stereocenters. The Balaban J connectivity index is 2.37. The van der Waals surface area contributed by atoms with Crippen molar-refractivity contribution in [3.05, 3.63) is 58.7 Å². The third-order valence-corrected chi connectivity index (χ3v) is 3.73. The topological polar surface area (TPSA) is 37.0 Å². The molecule has 0 N–H and O–H groups in total. The Hall–Kier alpha value is -2.09. The lowest BCUT2D eigenvalue weighted by atomic mass is 9.85. The molecule has 2 nitrogen and oxygen atoms in total. The average Bonchev–Trinajstić information content (AvgIpc) is 2.45. The Morgan fingerprint density at radius 1 is 0.870 bits per heavy atom. The molecule has 1 aromatic carbocycles. The molecule has 0 aromatic heterocycles. The van der Waals surface area contributed by atoms with Gasteiger partial charge in [-0.2, -0.15) is 0 Å². The minimum absolute atomic E-state index is 0.0121. The number of hydrogen-bond donors (Lipinski definition) is 0. The molecule has 1 aromatic rings. The summed E-state index contributed by atoms with van der Waals surface area (Å²) in [5.74, 6) is 1.10. The Kier molecular flexibility index (Phi) is 5.59. The van der Waals surface area contributed by atoms with E-state index >= 15 is 0 Å². The van der Waals surface area contributed by atoms with Crippen LogP contribution in [0.3, 0.4) is 0 Å². The molecular formula is C21H25O2. The van der Waals surface area contributed by atoms with Gasteiger partial charge in [-0.3, -0.25) is 9.90 Å². The van der Waals surface area contributed by atoms with Gasteiger partial charge in [0.2, 0.25) is 0 Å². The highest BCUT2D eigenvalue weighted by molar-refractivity contribution is 6.10. The van der Waals surface area contributed by atoms with E-state index in [1.807, 2.05) is 30.4 Å². The fourth-order valence-electron chi connectivity index (χ4n) is 2.80. The largest absolute Gasteiger partial charge is 0.290 e. The van der Waals surface area contributed by atoms with Crippen LogP contribution in [0.15, 0.2) is 53.1 Å². The van der Waals surface area contributed by atoms with Crippen LogP contribution >= 0.6 is 0 Å². The summed E-state index contributed by atoms with van der Waals surface area (Å²) in [5.41, 5.74) is 3.80. The molecule has 1 aliphatic carbocycles. The van der Waals surface area contributed by atoms with Crippen LogP contribution in [0.4, 0.5) is 0 Å². The monoisotopic (exact) mass is 309 g/mol. The summed E-state index contributed by atoms with van der Waals surface area (Å²) >= 11 is 0. The van der Waals surface area contributed by atoms with Crippen molar-refractivity contribution >= 4 is 11.9 Å². The number of rotatable bonds is 5. The highest BCUT2D eigenvalue weighted by atomic mass is 16.3. The summed E-state index contributed by atoms with van der Waals surface area (Å²) in [5, 5.41) is 11.2. The van der Waals surface area contributed by atoms with Gasteiger partial charge < -0.3 is 0 Å². The zero-order valence-corrected chi connectivity index (χ0v) is 14.4. The van der Waals surface area contributed by atoms with Gasteiger partial charge in [-0.1, -0.05) is 39.8 Å². The predicted molar refractivity (Wildman–Crippen MR) is 94.6 cm³/mol. The minimum atomic E-state index is 0.0121. The van der Waals surface area contributed by atoms with Gasteiger partial charge >= 0.3 is 0 Å². The highest BCUT2D eigenvalue weighted by Crippen LogP contribution is 2.28. The Bertz CT molecular complexity index is 624. The maximum Gasteiger partial charge on any atom is 0.185 e. The molecule has 0 fully saturated rings. The molecule has 0 heterocycles. The van der Waals surface area contributed by atoms with Crippen molar-refractivity contribution in [2.24, 2.45) is 11.8 Å². The molecule has 1 radical (unpaired) electrons. The minimum Gasteiger partial charge on any atom is -0.290 e. The van der Waals surface area contributed by atoms with Crippen molar-refractivity contribution in [3.8, 4) is 5.75 Å². The molecule has 0 bridgehead atoms. The molecule has 0 saturated carbocycles. The van der Waals surface area contributed by atoms with Gasteiger partial charge in [0.25, 0.3) is 0 Å². The molecule has 0 aliphatic heterocycles. The third-order valence-electron chi connectivity index (χ3n) is 3.73. The zero-order chi connectivity index (χ0) is 17.0. The van der Waals surface area contributed by atoms with E-state index in [0.29, 0.717) is 11.8 Å². The van der Waals surface area contributed by atoms with Crippen LogP contribution in [0.25, 0.3) is 6.08 Å². The Morgan fingerprint density at radius 3 is 1.78 bits per heavy atom. The lowest BCUT2D eigenvalue weighted by Gasteiger charge is -2.18. The molecule has 2 heteroatoms. The van der Waals surface area contributed by atoms with Crippen molar-refractivity contribution in [2.45, 2.75) is 40.5 Å². The van der Waals surface area contributed by atoms with Crippen LogP contribution in [-0.4, -0.2) is 5.78 Å². The molecule has 0 spiro atoms. The Morgan fingerprint density at radius 2 is 1.35 bits per heavy atom. The van der Waals surface area contributed by atoms with Crippen molar-refractivity contribution in [1.82, 2.24) is 0 Å². The molecule has 0 amide bonds. The fourth-order valence-corrected chi connectivity index (χ4v) is 2.80. The standard InChI is InChI=1S/C21H25O2/c1-14(2)9-18-12-17(11-16-5-7-20(22)8-6-16)13-19(21(18)23)10-15(3)4/h5-8,11-15H,9-10H2,1-4H3. The van der Waals surface area contributed by atoms with E-state index in [-0.39, 0.29) is 11.5 Å². The van der Waals surface area contributed by atoms with Crippen LogP contribution in [0.2, 0.25) is 0 Å². The highest BCUT2D eigenvalue weighted by Gasteiger charge is 2.21. The molecule has 0 atom stereocenters. The summed E-state index contributed by atoms with van der Waals surface area (Å²) in [4.78, 5) is 12.6. The van der Waals surface area contributed by atoms with Crippen molar-refractivity contribution in [2.75, 3.05) is 0 Å². The molecule has 0 saturated heterocycles. The van der Waals surface area contributed by atoms with E-state index in [0.717, 1.165) is 35.1 Å². The second-order valence-electron chi connectivity index (χ2n) is 7.08. The first-order valence-corrected chi connectivity index (χ1v) is 8.29. The van der Waals surface area contributed by atoms with Crippen LogP contribution in [0.1, 0.15) is 46.1 Å². The van der Waals surface area contributed by atoms with Crippen molar-refractivity contribution in [3.63, 3.8) is 0 Å². The van der Waals surface area contributed by atoms with E-state index in [1.165, 1.54) is 0 Å². The number of hydrogen-bond acceptors (Lipinski definition) is 1. The third kappa shape index (κ3) is 4.95. The first-order chi connectivity index (χ1) is 10.8. The van der Waals surface area contributed by atoms with E-state index in [9.17, 15) is 9.90 Å². The van der Waals surface area contributed by atoms with Crippen LogP contribution in [0, 0.1) is 11.8 Å². The lowest BCUT2D eigenvalue weighted by molar-refractivity contribution is -0.112. The maximum atomic E-state index is 12.6. The number of carbonyl (C=O) groups excluding carboxylic acids is 1. The van der Waals surface area contributed by atoms with E-state index in [1.54, 1.807) is 12.1 Å². The SMILES string of the molecule is CC(C)CC1=CC(=Cc2ccc([O])cc2)C=C(CC(C)C)C1=O. The van der Waals surface area contributed by atoms with Gasteiger partial charge in [0.05, 0.1) is 0 Å². The molecule has 121 valence electrons. The number of Topliss-reactive ketones (excluding diaryl/α,β-unsaturated/α-hetero) is 1. The quantitative estimate of drug-likeness (QED) is 0.683. The zero-order valence-electron chi connectivity index (χ0n) is 14.4. The number of carbonyl (C=O) groups is 1. The van der Waals surface area contributed by atoms with Gasteiger partial charge in [-0.05, 0) is 66.2 Å². The summed E-state index contributed by atoms with van der Waals surface area (Å²) in [6.07, 6.45) is 7.62. The average molecular weight is 309 g/mol. The summed E-state index contributed by atoms with van der Waals surface area (Å²) < 4.78 is 0. The molecular weight excluding hydrogens is 284 g/mol. The number of ketones is 1. The van der Waals surface area contributed by atoms with Crippen molar-refractivity contribution in [1.29, 1.82) is 0 Å². The van der Waals surface area contributed by atoms with Gasteiger partial charge in [0.1, 0.15) is 0 Å². The maximum absolute atomic E-state index is 12.6. The first-order valence-electron chi connectivity index (χ1n) is 8.29. The van der Waals surface area contributed by atoms with E-state index < -0.39 is 0 Å². The van der Waals surface area contributed by atoms with Crippen LogP contribution in [0.5, 0.6) is 5.75 Å². The number of benzene rings is 1. The van der Waals surface area contributed by atoms with Gasteiger partial charge in [-0.15, -0.1) is 0 Å². The summed E-state index contributed by atoms with van der Waals surface area (Å²) in [7, 11) is 0. The lowest BCUT2D eigenvalue weighted by Crippen LogP contribution is -2.14. The van der Waals surface area contributed by atoms with Crippen molar-refractivity contribution < 1.29 is 9.90 Å². The second kappa shape index (κ2) is 7.45. The van der Waals surface area contributed by atoms with Gasteiger partial charge in [0.15, 0.2) is 11.5 Å². The summed E-state index contributed by atoms with van der Waals surface area (Å²) in [6, 6.07) is 6.77. The van der Waals surface area contributed by atoms with E-state index in [2.05, 4.69) is 27.7 Å². The molecule has 2 rings (SSSR count). The van der Waals surface area contributed by atoms with Crippen LogP contribution in [-0.2, 0) is 9.90 Å². The Labute approximate surface area is 139 Å². The predicted octanol–water partition coefficient (Wildman–Crippen LogP) is 5.74. The van der Waals surface area contributed by atoms with Gasteiger partial charge in [0, 0.05) is 11.1 Å². The number of allylic oxidation sites excluding steroid dienone is 5. The second-order valence-corrected chi connectivity index (χ2v) is 7.08. The molecule has 23 heavy (non-hydrogen) atoms. The smallest absolute Gasteiger partial charge is 0.185 e. The normalized spacial score (nSPS) is 15.0.